The average Bonchev–Trinajstić information content (AvgIpc) is 2.72. The van der Waals surface area contributed by atoms with Crippen molar-refractivity contribution in [2.45, 2.75) is 68.9 Å². The van der Waals surface area contributed by atoms with Crippen LogP contribution in [0.5, 0.6) is 0 Å². The Balaban J connectivity index is 2.67. The van der Waals surface area contributed by atoms with Gasteiger partial charge in [-0.25, -0.2) is 5.43 Å². The van der Waals surface area contributed by atoms with Crippen molar-refractivity contribution in [1.82, 2.24) is 21.1 Å². The lowest BCUT2D eigenvalue weighted by molar-refractivity contribution is -0.152. The quantitative estimate of drug-likeness (QED) is 0.247. The summed E-state index contributed by atoms with van der Waals surface area (Å²) in [5.41, 5.74) is 2.80. The molecule has 1 aliphatic heterocycles. The van der Waals surface area contributed by atoms with Crippen molar-refractivity contribution in [2.75, 3.05) is 13.2 Å². The lowest BCUT2D eigenvalue weighted by Crippen LogP contribution is -2.61. The number of hydrazine groups is 1. The minimum absolute atomic E-state index is 0.162. The number of nitrogens with one attached hydrogen (secondary N) is 3. The summed E-state index contributed by atoms with van der Waals surface area (Å²) in [5.74, 6) is -2.01. The SMILES string of the molecule is C/C=C/CC(=O)N[C@H](C(=O)N[C@@H](C)C(=O)N1CCC[C@@H](C(=O)OCC(Cl)(Cl)Cl)N1)C(C)C. The highest BCUT2D eigenvalue weighted by Gasteiger charge is 2.34. The fourth-order valence-electron chi connectivity index (χ4n) is 2.96. The molecule has 9 nitrogen and oxygen atoms in total. The number of allylic oxidation sites excluding steroid dienone is 1. The predicted octanol–water partition coefficient (Wildman–Crippen LogP) is 2.01. The maximum atomic E-state index is 12.8. The number of esters is 1. The molecule has 182 valence electrons. The largest absolute Gasteiger partial charge is 0.460 e. The van der Waals surface area contributed by atoms with Crippen LogP contribution in [-0.2, 0) is 23.9 Å². The molecule has 1 fully saturated rings. The van der Waals surface area contributed by atoms with Gasteiger partial charge in [0.05, 0.1) is 0 Å². The smallest absolute Gasteiger partial charge is 0.325 e. The van der Waals surface area contributed by atoms with Crippen molar-refractivity contribution < 1.29 is 23.9 Å². The maximum absolute atomic E-state index is 12.8. The Hall–Kier alpha value is -1.55. The van der Waals surface area contributed by atoms with Gasteiger partial charge in [0.2, 0.25) is 15.6 Å². The molecule has 12 heteroatoms. The first kappa shape index (κ1) is 28.5. The second-order valence-electron chi connectivity index (χ2n) is 7.83. The third-order valence-corrected chi connectivity index (χ3v) is 4.98. The van der Waals surface area contributed by atoms with Crippen LogP contribution in [0.1, 0.15) is 47.0 Å². The highest BCUT2D eigenvalue weighted by atomic mass is 35.6. The molecule has 0 aromatic heterocycles. The first-order valence-electron chi connectivity index (χ1n) is 10.4. The number of nitrogens with zero attached hydrogens (tertiary/aromatic N) is 1. The highest BCUT2D eigenvalue weighted by Crippen LogP contribution is 2.26. The number of amides is 3. The van der Waals surface area contributed by atoms with Crippen LogP contribution in [0.15, 0.2) is 12.2 Å². The summed E-state index contributed by atoms with van der Waals surface area (Å²) >= 11 is 16.8. The number of ether oxygens (including phenoxy) is 1. The topological polar surface area (TPSA) is 117 Å². The van der Waals surface area contributed by atoms with Crippen LogP contribution >= 0.6 is 34.8 Å². The minimum atomic E-state index is -1.73. The van der Waals surface area contributed by atoms with Crippen molar-refractivity contribution in [1.29, 1.82) is 0 Å². The molecular formula is C20H31Cl3N4O5. The number of carbonyl (C=O) groups excluding carboxylic acids is 4. The summed E-state index contributed by atoms with van der Waals surface area (Å²) in [6, 6.07) is -2.46. The summed E-state index contributed by atoms with van der Waals surface area (Å²) in [6.45, 7) is 6.86. The van der Waals surface area contributed by atoms with Gasteiger partial charge >= 0.3 is 5.97 Å². The molecule has 0 radical (unpaired) electrons. The molecular weight excluding hydrogens is 483 g/mol. The van der Waals surface area contributed by atoms with Gasteiger partial charge in [0, 0.05) is 13.0 Å². The first-order chi connectivity index (χ1) is 14.9. The molecule has 0 aliphatic carbocycles. The molecule has 3 N–H and O–H groups in total. The Morgan fingerprint density at radius 1 is 1.19 bits per heavy atom. The van der Waals surface area contributed by atoms with Crippen LogP contribution in [0.25, 0.3) is 0 Å². The van der Waals surface area contributed by atoms with E-state index in [4.69, 9.17) is 39.5 Å². The fraction of sp³-hybridized carbons (Fsp3) is 0.700. The van der Waals surface area contributed by atoms with E-state index in [-0.39, 0.29) is 18.2 Å². The van der Waals surface area contributed by atoms with Gasteiger partial charge in [-0.15, -0.1) is 0 Å². The zero-order valence-corrected chi connectivity index (χ0v) is 20.9. The Morgan fingerprint density at radius 3 is 2.41 bits per heavy atom. The van der Waals surface area contributed by atoms with E-state index in [1.54, 1.807) is 32.9 Å². The Bertz CT molecular complexity index is 712. The van der Waals surface area contributed by atoms with Crippen LogP contribution in [0.3, 0.4) is 0 Å². The number of carbonyl (C=O) groups is 4. The molecule has 1 heterocycles. The van der Waals surface area contributed by atoms with Crippen LogP contribution in [0, 0.1) is 5.92 Å². The van der Waals surface area contributed by atoms with E-state index in [9.17, 15) is 19.2 Å². The molecule has 0 bridgehead atoms. The lowest BCUT2D eigenvalue weighted by Gasteiger charge is -2.34. The molecule has 0 unspecified atom stereocenters. The van der Waals surface area contributed by atoms with E-state index in [1.165, 1.54) is 11.9 Å². The summed E-state index contributed by atoms with van der Waals surface area (Å²) in [5, 5.41) is 6.59. The van der Waals surface area contributed by atoms with Crippen LogP contribution in [-0.4, -0.2) is 63.8 Å². The summed E-state index contributed by atoms with van der Waals surface area (Å²) in [4.78, 5) is 49.7. The number of hydrogen-bond acceptors (Lipinski definition) is 6. The molecule has 3 atom stereocenters. The number of alkyl halides is 3. The normalized spacial score (nSPS) is 18.9. The van der Waals surface area contributed by atoms with Gasteiger partial charge in [0.15, 0.2) is 0 Å². The standard InChI is InChI=1S/C20H31Cl3N4O5/c1-5-6-9-15(28)25-16(12(2)3)17(29)24-13(4)18(30)27-10-7-8-14(26-27)19(31)32-11-20(21,22)23/h5-6,12-14,16,26H,7-11H2,1-4H3,(H,24,29)(H,25,28)/b6-5+/t13-,14-,16-/m0/s1. The molecule has 0 saturated carbocycles. The number of rotatable bonds is 9. The minimum Gasteiger partial charge on any atom is -0.460 e. The highest BCUT2D eigenvalue weighted by molar-refractivity contribution is 6.67. The molecule has 1 saturated heterocycles. The first-order valence-corrected chi connectivity index (χ1v) is 11.5. The summed E-state index contributed by atoms with van der Waals surface area (Å²) < 4.78 is 3.24. The predicted molar refractivity (Wildman–Crippen MR) is 123 cm³/mol. The lowest BCUT2D eigenvalue weighted by atomic mass is 10.0. The van der Waals surface area contributed by atoms with Crippen molar-refractivity contribution in [2.24, 2.45) is 5.92 Å². The zero-order chi connectivity index (χ0) is 24.5. The molecule has 1 rings (SSSR count). The van der Waals surface area contributed by atoms with E-state index in [2.05, 4.69) is 16.1 Å². The van der Waals surface area contributed by atoms with Crippen LogP contribution in [0.2, 0.25) is 0 Å². The van der Waals surface area contributed by atoms with E-state index < -0.39 is 46.3 Å². The van der Waals surface area contributed by atoms with Crippen molar-refractivity contribution in [3.8, 4) is 0 Å². The van der Waals surface area contributed by atoms with Crippen molar-refractivity contribution >= 4 is 58.5 Å². The van der Waals surface area contributed by atoms with Gasteiger partial charge in [-0.3, -0.25) is 24.2 Å². The number of halogens is 3. The van der Waals surface area contributed by atoms with E-state index >= 15 is 0 Å². The van der Waals surface area contributed by atoms with Gasteiger partial charge < -0.3 is 15.4 Å². The van der Waals surface area contributed by atoms with Gasteiger partial charge in [-0.05, 0) is 32.6 Å². The second-order valence-corrected chi connectivity index (χ2v) is 10.3. The third-order valence-electron chi connectivity index (χ3n) is 4.65. The van der Waals surface area contributed by atoms with Gasteiger partial charge in [0.1, 0.15) is 24.7 Å². The van der Waals surface area contributed by atoms with Crippen molar-refractivity contribution in [3.63, 3.8) is 0 Å². The third kappa shape index (κ3) is 9.94. The van der Waals surface area contributed by atoms with E-state index in [1.807, 2.05) is 0 Å². The number of hydrogen-bond donors (Lipinski definition) is 3. The molecule has 0 spiro atoms. The van der Waals surface area contributed by atoms with Gasteiger partial charge in [0.25, 0.3) is 5.91 Å². The molecule has 3 amide bonds. The average molecular weight is 514 g/mol. The molecule has 0 aromatic carbocycles. The summed E-state index contributed by atoms with van der Waals surface area (Å²) in [6.07, 6.45) is 4.58. The molecule has 32 heavy (non-hydrogen) atoms. The maximum Gasteiger partial charge on any atom is 0.325 e. The van der Waals surface area contributed by atoms with Crippen molar-refractivity contribution in [3.05, 3.63) is 12.2 Å². The van der Waals surface area contributed by atoms with Crippen LogP contribution in [0.4, 0.5) is 0 Å². The van der Waals surface area contributed by atoms with E-state index in [0.29, 0.717) is 19.4 Å². The monoisotopic (exact) mass is 512 g/mol. The Kier molecular flexibility index (Phi) is 11.8. The fourth-order valence-corrected chi connectivity index (χ4v) is 3.12. The Labute approximate surface area is 203 Å². The molecule has 0 aromatic rings. The zero-order valence-electron chi connectivity index (χ0n) is 18.6. The summed E-state index contributed by atoms with van der Waals surface area (Å²) in [7, 11) is 0. The van der Waals surface area contributed by atoms with Gasteiger partial charge in [-0.1, -0.05) is 60.8 Å². The second kappa shape index (κ2) is 13.2. The van der Waals surface area contributed by atoms with E-state index in [0.717, 1.165) is 0 Å². The molecule has 1 aliphatic rings. The van der Waals surface area contributed by atoms with Crippen LogP contribution < -0.4 is 16.1 Å². The Morgan fingerprint density at radius 2 is 1.84 bits per heavy atom. The van der Waals surface area contributed by atoms with Gasteiger partial charge in [-0.2, -0.15) is 0 Å².